The summed E-state index contributed by atoms with van der Waals surface area (Å²) in [7, 11) is 0. The summed E-state index contributed by atoms with van der Waals surface area (Å²) in [5.41, 5.74) is 0. The van der Waals surface area contributed by atoms with E-state index in [0.29, 0.717) is 0 Å². The maximum atomic E-state index is 10.2. The van der Waals surface area contributed by atoms with Gasteiger partial charge in [0.25, 0.3) is 0 Å². The summed E-state index contributed by atoms with van der Waals surface area (Å²) < 4.78 is 10.2. The standard InChI is InChI=1S/C2H3FO/c3-1-2-4/h1-2,4H/p-1/b2-1+. The molecule has 0 aliphatic rings. The lowest BCUT2D eigenvalue weighted by atomic mass is 11.1. The number of rotatable bonds is 0. The molecule has 2 heteroatoms. The Balaban J connectivity index is 2.55. The lowest BCUT2D eigenvalue weighted by Gasteiger charge is -1.73. The van der Waals surface area contributed by atoms with Crippen molar-refractivity contribution in [3.8, 4) is 0 Å². The van der Waals surface area contributed by atoms with E-state index >= 15 is 0 Å². The average molecular weight is 61.0 g/mol. The smallest absolute Gasteiger partial charge is 0.0715 e. The van der Waals surface area contributed by atoms with Gasteiger partial charge in [-0.3, -0.25) is 0 Å². The van der Waals surface area contributed by atoms with Crippen LogP contribution in [0.4, 0.5) is 4.39 Å². The lowest BCUT2D eigenvalue weighted by Crippen LogP contribution is -1.80. The van der Waals surface area contributed by atoms with Crippen molar-refractivity contribution in [2.24, 2.45) is 0 Å². The van der Waals surface area contributed by atoms with Crippen molar-refractivity contribution in [2.75, 3.05) is 0 Å². The Bertz CT molecular complexity index is 21.2. The highest BCUT2D eigenvalue weighted by atomic mass is 19.1. The van der Waals surface area contributed by atoms with E-state index in [4.69, 9.17) is 5.11 Å². The molecule has 0 unspecified atom stereocenters. The molecule has 0 heterocycles. The van der Waals surface area contributed by atoms with Crippen LogP contribution < -0.4 is 5.11 Å². The molecule has 0 fully saturated rings. The second kappa shape index (κ2) is 2.47. The Morgan fingerprint density at radius 1 is 1.75 bits per heavy atom. The second-order valence-electron chi connectivity index (χ2n) is 0.262. The van der Waals surface area contributed by atoms with Gasteiger partial charge in [-0.25, -0.2) is 4.39 Å². The van der Waals surface area contributed by atoms with Gasteiger partial charge in [-0.15, -0.1) is 6.26 Å². The van der Waals surface area contributed by atoms with Crippen molar-refractivity contribution >= 4 is 0 Å². The predicted molar refractivity (Wildman–Crippen MR) is 10.2 cm³/mol. The maximum absolute atomic E-state index is 10.2. The molecule has 0 aliphatic heterocycles. The summed E-state index contributed by atoms with van der Waals surface area (Å²) in [4.78, 5) is 0. The summed E-state index contributed by atoms with van der Waals surface area (Å²) >= 11 is 0. The van der Waals surface area contributed by atoms with Crippen molar-refractivity contribution < 1.29 is 9.50 Å². The first-order chi connectivity index (χ1) is 1.91. The normalized spacial score (nSPS) is 9.25. The van der Waals surface area contributed by atoms with Gasteiger partial charge in [-0.1, -0.05) is 0 Å². The van der Waals surface area contributed by atoms with Crippen molar-refractivity contribution in [1.82, 2.24) is 0 Å². The maximum Gasteiger partial charge on any atom is 0.0715 e. The zero-order chi connectivity index (χ0) is 3.41. The third-order valence-electron chi connectivity index (χ3n) is 0.0514. The molecular formula is C2H2FO-. The molecule has 0 aromatic heterocycles. The Morgan fingerprint density at radius 2 is 2.00 bits per heavy atom. The van der Waals surface area contributed by atoms with Crippen molar-refractivity contribution in [3.63, 3.8) is 0 Å². The number of halogens is 1. The van der Waals surface area contributed by atoms with Gasteiger partial charge >= 0.3 is 0 Å². The monoisotopic (exact) mass is 61.0 g/mol. The van der Waals surface area contributed by atoms with E-state index in [1.807, 2.05) is 0 Å². The highest BCUT2D eigenvalue weighted by Gasteiger charge is 1.28. The minimum absolute atomic E-state index is 0.0556. The summed E-state index contributed by atoms with van der Waals surface area (Å²) in [6.07, 6.45) is 0.0278. The van der Waals surface area contributed by atoms with Gasteiger partial charge in [0.2, 0.25) is 0 Å². The fourth-order valence-electron chi connectivity index (χ4n) is 0. The summed E-state index contributed by atoms with van der Waals surface area (Å²) in [5, 5.41) is 8.74. The molecule has 0 rings (SSSR count). The zero-order valence-corrected chi connectivity index (χ0v) is 1.94. The van der Waals surface area contributed by atoms with E-state index in [9.17, 15) is 4.39 Å². The topological polar surface area (TPSA) is 23.1 Å². The van der Waals surface area contributed by atoms with E-state index in [1.54, 1.807) is 0 Å². The van der Waals surface area contributed by atoms with Crippen LogP contribution in [-0.2, 0) is 0 Å². The first-order valence-electron chi connectivity index (χ1n) is 0.787. The average Bonchev–Trinajstić information content (AvgIpc) is 1.37. The molecule has 24 valence electrons. The number of hydrogen-bond donors (Lipinski definition) is 0. The van der Waals surface area contributed by atoms with Crippen LogP contribution in [0.5, 0.6) is 0 Å². The summed E-state index contributed by atoms with van der Waals surface area (Å²) in [6.45, 7) is 0. The van der Waals surface area contributed by atoms with E-state index in [0.717, 1.165) is 0 Å². The van der Waals surface area contributed by atoms with Crippen LogP contribution in [-0.4, -0.2) is 0 Å². The first kappa shape index (κ1) is 3.47. The first-order valence-corrected chi connectivity index (χ1v) is 0.787. The summed E-state index contributed by atoms with van der Waals surface area (Å²) in [6, 6.07) is 0. The fraction of sp³-hybridized carbons (Fsp3) is 0. The van der Waals surface area contributed by atoms with Crippen molar-refractivity contribution in [3.05, 3.63) is 12.6 Å². The van der Waals surface area contributed by atoms with Gasteiger partial charge in [0, 0.05) is 0 Å². The highest BCUT2D eigenvalue weighted by Crippen LogP contribution is 1.54. The molecule has 0 radical (unpaired) electrons. The van der Waals surface area contributed by atoms with Crippen LogP contribution in [0.15, 0.2) is 12.6 Å². The Hall–Kier alpha value is -0.530. The van der Waals surface area contributed by atoms with Gasteiger partial charge in [0.05, 0.1) is 6.33 Å². The zero-order valence-electron chi connectivity index (χ0n) is 1.94. The molecule has 0 saturated carbocycles. The third kappa shape index (κ3) is 1.47. The Labute approximate surface area is 23.4 Å². The molecule has 0 aromatic rings. The predicted octanol–water partition coefficient (Wildman–Crippen LogP) is -0.213. The molecule has 0 amide bonds. The van der Waals surface area contributed by atoms with Gasteiger partial charge in [-0.05, 0) is 0 Å². The fourth-order valence-corrected chi connectivity index (χ4v) is 0. The molecule has 0 saturated heterocycles. The van der Waals surface area contributed by atoms with E-state index in [2.05, 4.69) is 0 Å². The molecule has 0 atom stereocenters. The van der Waals surface area contributed by atoms with Gasteiger partial charge in [0.15, 0.2) is 0 Å². The SMILES string of the molecule is [O-]/C=C/F. The van der Waals surface area contributed by atoms with Gasteiger partial charge in [0.1, 0.15) is 0 Å². The molecule has 0 spiro atoms. The van der Waals surface area contributed by atoms with Crippen molar-refractivity contribution in [1.29, 1.82) is 0 Å². The largest absolute Gasteiger partial charge is 0.876 e. The van der Waals surface area contributed by atoms with Gasteiger partial charge < -0.3 is 5.11 Å². The molecule has 4 heavy (non-hydrogen) atoms. The quantitative estimate of drug-likeness (QED) is 0.355. The van der Waals surface area contributed by atoms with E-state index in [-0.39, 0.29) is 12.6 Å². The number of hydrogen-bond acceptors (Lipinski definition) is 1. The van der Waals surface area contributed by atoms with E-state index < -0.39 is 0 Å². The van der Waals surface area contributed by atoms with Crippen LogP contribution in [0, 0.1) is 0 Å². The Kier molecular flexibility index (Phi) is 2.14. The van der Waals surface area contributed by atoms with Crippen LogP contribution >= 0.6 is 0 Å². The minimum Gasteiger partial charge on any atom is -0.876 e. The van der Waals surface area contributed by atoms with Crippen molar-refractivity contribution in [2.45, 2.75) is 0 Å². The second-order valence-corrected chi connectivity index (χ2v) is 0.262. The van der Waals surface area contributed by atoms with Crippen LogP contribution in [0.25, 0.3) is 0 Å². The minimum atomic E-state index is -0.0556. The Morgan fingerprint density at radius 3 is 2.00 bits per heavy atom. The van der Waals surface area contributed by atoms with Crippen LogP contribution in [0.3, 0.4) is 0 Å². The molecule has 0 N–H and O–H groups in total. The molecular weight excluding hydrogens is 59.0 g/mol. The molecule has 0 aliphatic carbocycles. The lowest BCUT2D eigenvalue weighted by molar-refractivity contribution is -0.276. The summed E-state index contributed by atoms with van der Waals surface area (Å²) in [5.74, 6) is 0. The molecule has 0 bridgehead atoms. The van der Waals surface area contributed by atoms with Gasteiger partial charge in [-0.2, -0.15) is 0 Å². The van der Waals surface area contributed by atoms with E-state index in [1.165, 1.54) is 0 Å². The third-order valence-corrected chi connectivity index (χ3v) is 0.0514. The highest BCUT2D eigenvalue weighted by molar-refractivity contribution is 4.48. The molecule has 0 aromatic carbocycles. The molecule has 1 nitrogen and oxygen atoms in total. The van der Waals surface area contributed by atoms with Crippen LogP contribution in [0.1, 0.15) is 0 Å². The van der Waals surface area contributed by atoms with Crippen LogP contribution in [0.2, 0.25) is 0 Å².